The summed E-state index contributed by atoms with van der Waals surface area (Å²) in [6.45, 7) is 0.935. The molecule has 0 spiro atoms. The lowest BCUT2D eigenvalue weighted by Gasteiger charge is -2.05. The zero-order valence-electron chi connectivity index (χ0n) is 15.6. The average molecular weight is 385 g/mol. The molecule has 6 nitrogen and oxygen atoms in total. The molecule has 3 aromatic carbocycles. The maximum absolute atomic E-state index is 10.9. The number of nitro groups is 1. The van der Waals surface area contributed by atoms with Crippen LogP contribution in [0.3, 0.4) is 0 Å². The number of aromatic nitrogens is 1. The first kappa shape index (κ1) is 18.4. The van der Waals surface area contributed by atoms with Crippen LogP contribution in [0.2, 0.25) is 0 Å². The van der Waals surface area contributed by atoms with Gasteiger partial charge >= 0.3 is 0 Å². The molecule has 0 amide bonds. The Morgan fingerprint density at radius 2 is 1.72 bits per heavy atom. The molecular weight excluding hydrogens is 366 g/mol. The van der Waals surface area contributed by atoms with Gasteiger partial charge in [-0.3, -0.25) is 10.1 Å². The third-order valence-corrected chi connectivity index (χ3v) is 4.63. The molecule has 1 heterocycles. The molecule has 4 rings (SSSR count). The number of hydrogen-bond acceptors (Lipinski definition) is 4. The fourth-order valence-electron chi connectivity index (χ4n) is 3.25. The standard InChI is InChI=1S/C23H19N3O3/c27-26(28)21-10-6-9-19(13-21)17-29-24-14-20-16-25(15-18-7-2-1-3-8-18)23-12-5-4-11-22(20)23/h1-14,16H,15,17H2/b24-14-. The predicted molar refractivity (Wildman–Crippen MR) is 113 cm³/mol. The average Bonchev–Trinajstić information content (AvgIpc) is 3.10. The molecule has 4 aromatic rings. The van der Waals surface area contributed by atoms with E-state index in [0.29, 0.717) is 5.56 Å². The highest BCUT2D eigenvalue weighted by atomic mass is 16.6. The van der Waals surface area contributed by atoms with Crippen LogP contribution in [0.15, 0.2) is 90.2 Å². The second kappa shape index (κ2) is 8.39. The summed E-state index contributed by atoms with van der Waals surface area (Å²) in [4.78, 5) is 15.8. The van der Waals surface area contributed by atoms with E-state index in [-0.39, 0.29) is 12.3 Å². The molecule has 1 aromatic heterocycles. The number of fused-ring (bicyclic) bond motifs is 1. The van der Waals surface area contributed by atoms with Gasteiger partial charge in [-0.05, 0) is 17.2 Å². The van der Waals surface area contributed by atoms with E-state index in [1.54, 1.807) is 18.3 Å². The summed E-state index contributed by atoms with van der Waals surface area (Å²) in [5.74, 6) is 0. The van der Waals surface area contributed by atoms with Gasteiger partial charge in [0.1, 0.15) is 6.61 Å². The molecule has 6 heteroatoms. The van der Waals surface area contributed by atoms with Crippen molar-refractivity contribution in [3.05, 3.63) is 112 Å². The van der Waals surface area contributed by atoms with E-state index in [2.05, 4.69) is 40.2 Å². The first-order valence-electron chi connectivity index (χ1n) is 9.21. The highest BCUT2D eigenvalue weighted by Crippen LogP contribution is 2.21. The van der Waals surface area contributed by atoms with Crippen LogP contribution in [0.4, 0.5) is 5.69 Å². The van der Waals surface area contributed by atoms with Crippen LogP contribution in [0.25, 0.3) is 10.9 Å². The zero-order valence-corrected chi connectivity index (χ0v) is 15.6. The summed E-state index contributed by atoms with van der Waals surface area (Å²) in [6, 6.07) is 24.8. The van der Waals surface area contributed by atoms with Gasteiger partial charge in [-0.1, -0.05) is 65.8 Å². The minimum atomic E-state index is -0.422. The molecule has 0 unspecified atom stereocenters. The van der Waals surface area contributed by atoms with Gasteiger partial charge in [0.25, 0.3) is 5.69 Å². The van der Waals surface area contributed by atoms with Crippen LogP contribution in [0.1, 0.15) is 16.7 Å². The Hall–Kier alpha value is -3.93. The maximum Gasteiger partial charge on any atom is 0.269 e. The van der Waals surface area contributed by atoms with E-state index >= 15 is 0 Å². The molecule has 144 valence electrons. The second-order valence-corrected chi connectivity index (χ2v) is 6.65. The van der Waals surface area contributed by atoms with Crippen LogP contribution in [0, 0.1) is 10.1 Å². The van der Waals surface area contributed by atoms with Crippen LogP contribution in [0.5, 0.6) is 0 Å². The summed E-state index contributed by atoms with van der Waals surface area (Å²) in [5.41, 5.74) is 4.03. The SMILES string of the molecule is O=[N+]([O-])c1cccc(CO/N=C\c2cn(Cc3ccccc3)c3ccccc23)c1. The predicted octanol–water partition coefficient (Wildman–Crippen LogP) is 5.15. The number of rotatable bonds is 7. The molecule has 0 saturated carbocycles. The molecule has 0 bridgehead atoms. The van der Waals surface area contributed by atoms with Gasteiger partial charge in [-0.2, -0.15) is 0 Å². The van der Waals surface area contributed by atoms with Crippen molar-refractivity contribution < 1.29 is 9.76 Å². The molecule has 0 radical (unpaired) electrons. The smallest absolute Gasteiger partial charge is 0.269 e. The van der Waals surface area contributed by atoms with Gasteiger partial charge in [0.2, 0.25) is 0 Å². The monoisotopic (exact) mass is 385 g/mol. The Bertz CT molecular complexity index is 1170. The van der Waals surface area contributed by atoms with Gasteiger partial charge in [-0.25, -0.2) is 0 Å². The number of nitro benzene ring substituents is 1. The Morgan fingerprint density at radius 1 is 0.966 bits per heavy atom. The Labute approximate surface area is 167 Å². The van der Waals surface area contributed by atoms with E-state index < -0.39 is 4.92 Å². The van der Waals surface area contributed by atoms with Crippen molar-refractivity contribution in [2.24, 2.45) is 5.16 Å². The van der Waals surface area contributed by atoms with E-state index in [1.807, 2.05) is 30.3 Å². The number of hydrogen-bond donors (Lipinski definition) is 0. The van der Waals surface area contributed by atoms with Crippen molar-refractivity contribution in [2.75, 3.05) is 0 Å². The van der Waals surface area contributed by atoms with Crippen molar-refractivity contribution >= 4 is 22.8 Å². The molecule has 0 aliphatic rings. The van der Waals surface area contributed by atoms with E-state index in [4.69, 9.17) is 4.84 Å². The number of para-hydroxylation sites is 1. The van der Waals surface area contributed by atoms with E-state index in [1.165, 1.54) is 17.7 Å². The molecule has 0 saturated heterocycles. The van der Waals surface area contributed by atoms with Crippen LogP contribution >= 0.6 is 0 Å². The summed E-state index contributed by atoms with van der Waals surface area (Å²) < 4.78 is 2.19. The minimum Gasteiger partial charge on any atom is -0.391 e. The lowest BCUT2D eigenvalue weighted by atomic mass is 10.2. The summed E-state index contributed by atoms with van der Waals surface area (Å²) in [7, 11) is 0. The van der Waals surface area contributed by atoms with E-state index in [9.17, 15) is 10.1 Å². The third-order valence-electron chi connectivity index (χ3n) is 4.63. The van der Waals surface area contributed by atoms with Crippen LogP contribution in [-0.2, 0) is 18.0 Å². The topological polar surface area (TPSA) is 69.7 Å². The quantitative estimate of drug-likeness (QED) is 0.251. The highest BCUT2D eigenvalue weighted by molar-refractivity contribution is 5.99. The van der Waals surface area contributed by atoms with Crippen molar-refractivity contribution in [2.45, 2.75) is 13.2 Å². The van der Waals surface area contributed by atoms with Crippen molar-refractivity contribution in [1.82, 2.24) is 4.57 Å². The summed E-state index contributed by atoms with van der Waals surface area (Å²) in [6.07, 6.45) is 3.74. The lowest BCUT2D eigenvalue weighted by molar-refractivity contribution is -0.384. The van der Waals surface area contributed by atoms with Crippen molar-refractivity contribution in [3.8, 4) is 0 Å². The largest absolute Gasteiger partial charge is 0.391 e. The zero-order chi connectivity index (χ0) is 20.1. The van der Waals surface area contributed by atoms with Crippen LogP contribution < -0.4 is 0 Å². The Kier molecular flexibility index (Phi) is 5.33. The van der Waals surface area contributed by atoms with Crippen molar-refractivity contribution in [1.29, 1.82) is 0 Å². The first-order chi connectivity index (χ1) is 14.2. The maximum atomic E-state index is 10.9. The van der Waals surface area contributed by atoms with E-state index in [0.717, 1.165) is 23.0 Å². The molecule has 0 aliphatic heterocycles. The second-order valence-electron chi connectivity index (χ2n) is 6.65. The number of non-ortho nitro benzene ring substituents is 1. The number of benzene rings is 3. The van der Waals surface area contributed by atoms with Crippen LogP contribution in [-0.4, -0.2) is 15.7 Å². The van der Waals surface area contributed by atoms with Gasteiger partial charge in [-0.15, -0.1) is 0 Å². The molecule has 0 N–H and O–H groups in total. The lowest BCUT2D eigenvalue weighted by Crippen LogP contribution is -1.97. The summed E-state index contributed by atoms with van der Waals surface area (Å²) >= 11 is 0. The van der Waals surface area contributed by atoms with Gasteiger partial charge in [0.15, 0.2) is 0 Å². The fraction of sp³-hybridized carbons (Fsp3) is 0.0870. The van der Waals surface area contributed by atoms with Gasteiger partial charge in [0, 0.05) is 41.3 Å². The normalized spacial score (nSPS) is 11.2. The molecular formula is C23H19N3O3. The molecule has 0 atom stereocenters. The Balaban J connectivity index is 1.50. The molecule has 0 aliphatic carbocycles. The van der Waals surface area contributed by atoms with Crippen molar-refractivity contribution in [3.63, 3.8) is 0 Å². The highest BCUT2D eigenvalue weighted by Gasteiger charge is 2.08. The molecule has 0 fully saturated rings. The van der Waals surface area contributed by atoms with Gasteiger partial charge in [0.05, 0.1) is 11.1 Å². The fourth-order valence-corrected chi connectivity index (χ4v) is 3.25. The minimum absolute atomic E-state index is 0.0408. The number of nitrogens with zero attached hydrogens (tertiary/aromatic N) is 3. The number of oxime groups is 1. The third kappa shape index (κ3) is 4.32. The Morgan fingerprint density at radius 3 is 2.55 bits per heavy atom. The molecule has 29 heavy (non-hydrogen) atoms. The van der Waals surface area contributed by atoms with Gasteiger partial charge < -0.3 is 9.40 Å². The summed E-state index contributed by atoms with van der Waals surface area (Å²) in [5, 5.41) is 16.0. The first-order valence-corrected chi connectivity index (χ1v) is 9.21.